The van der Waals surface area contributed by atoms with Crippen LogP contribution >= 0.6 is 0 Å². The van der Waals surface area contributed by atoms with Gasteiger partial charge in [-0.15, -0.1) is 0 Å². The molecule has 158 valence electrons. The highest BCUT2D eigenvalue weighted by molar-refractivity contribution is 5.98. The van der Waals surface area contributed by atoms with Crippen LogP contribution < -0.4 is 4.90 Å². The molecule has 2 saturated heterocycles. The van der Waals surface area contributed by atoms with E-state index in [9.17, 15) is 9.18 Å². The van der Waals surface area contributed by atoms with E-state index in [4.69, 9.17) is 0 Å². The standard InChI is InChI=1S/C24H24FN5O/c25-21-14-27-11-8-23(21)30-18-6-7-19(30)16-29(15-18)24(31)9-12-26-13-17-3-1-5-22-20(17)4-2-10-28-22/h1-5,8,10-11,13-14,18-19H,6-7,9,12,15-16H2/t18-,19+. The molecular weight excluding hydrogens is 393 g/mol. The highest BCUT2D eigenvalue weighted by Crippen LogP contribution is 2.36. The molecule has 2 atom stereocenters. The highest BCUT2D eigenvalue weighted by Gasteiger charge is 2.42. The van der Waals surface area contributed by atoms with Gasteiger partial charge in [0.2, 0.25) is 5.91 Å². The molecule has 0 saturated carbocycles. The van der Waals surface area contributed by atoms with Crippen molar-refractivity contribution < 1.29 is 9.18 Å². The van der Waals surface area contributed by atoms with Gasteiger partial charge in [0.15, 0.2) is 5.82 Å². The largest absolute Gasteiger partial charge is 0.360 e. The molecule has 2 fully saturated rings. The lowest BCUT2D eigenvalue weighted by Gasteiger charge is -2.42. The summed E-state index contributed by atoms with van der Waals surface area (Å²) in [6, 6.07) is 11.9. The van der Waals surface area contributed by atoms with Crippen LogP contribution in [0.1, 0.15) is 24.8 Å². The first kappa shape index (κ1) is 19.6. The maximum absolute atomic E-state index is 14.2. The summed E-state index contributed by atoms with van der Waals surface area (Å²) in [5.74, 6) is -0.180. The molecule has 2 bridgehead atoms. The molecule has 2 aliphatic heterocycles. The van der Waals surface area contributed by atoms with Crippen LogP contribution in [0.3, 0.4) is 0 Å². The van der Waals surface area contributed by atoms with Crippen molar-refractivity contribution in [3.05, 3.63) is 66.4 Å². The second kappa shape index (κ2) is 8.41. The van der Waals surface area contributed by atoms with Crippen molar-refractivity contribution in [2.45, 2.75) is 31.3 Å². The van der Waals surface area contributed by atoms with Crippen molar-refractivity contribution in [3.8, 4) is 0 Å². The van der Waals surface area contributed by atoms with Gasteiger partial charge in [-0.05, 0) is 31.0 Å². The number of benzene rings is 1. The van der Waals surface area contributed by atoms with Crippen molar-refractivity contribution in [2.24, 2.45) is 4.99 Å². The molecule has 7 heteroatoms. The summed E-state index contributed by atoms with van der Waals surface area (Å²) in [7, 11) is 0. The number of halogens is 1. The summed E-state index contributed by atoms with van der Waals surface area (Å²) in [6.45, 7) is 1.72. The number of rotatable bonds is 5. The molecule has 1 amide bonds. The maximum Gasteiger partial charge on any atom is 0.224 e. The van der Waals surface area contributed by atoms with E-state index in [0.717, 1.165) is 29.3 Å². The van der Waals surface area contributed by atoms with E-state index in [1.54, 1.807) is 18.5 Å². The summed E-state index contributed by atoms with van der Waals surface area (Å²) in [6.07, 6.45) is 8.81. The molecule has 2 aromatic heterocycles. The Balaban J connectivity index is 1.20. The van der Waals surface area contributed by atoms with Gasteiger partial charge in [-0.25, -0.2) is 4.39 Å². The predicted octanol–water partition coefficient (Wildman–Crippen LogP) is 3.46. The third-order valence-electron chi connectivity index (χ3n) is 6.23. The summed E-state index contributed by atoms with van der Waals surface area (Å²) >= 11 is 0. The first-order valence-corrected chi connectivity index (χ1v) is 10.7. The van der Waals surface area contributed by atoms with Crippen molar-refractivity contribution in [2.75, 3.05) is 24.5 Å². The van der Waals surface area contributed by atoms with Crippen molar-refractivity contribution in [1.29, 1.82) is 0 Å². The molecule has 1 aromatic carbocycles. The van der Waals surface area contributed by atoms with Gasteiger partial charge in [0.25, 0.3) is 0 Å². The number of pyridine rings is 2. The fraction of sp³-hybridized carbons (Fsp3) is 0.333. The third kappa shape index (κ3) is 3.87. The van der Waals surface area contributed by atoms with Gasteiger partial charge in [0.1, 0.15) is 0 Å². The Morgan fingerprint density at radius 1 is 1.13 bits per heavy atom. The summed E-state index contributed by atoms with van der Waals surface area (Å²) in [4.78, 5) is 29.6. The zero-order valence-corrected chi connectivity index (χ0v) is 17.2. The summed E-state index contributed by atoms with van der Waals surface area (Å²) in [5.41, 5.74) is 2.54. The number of aliphatic imine (C=N–C) groups is 1. The van der Waals surface area contributed by atoms with Gasteiger partial charge in [0.05, 0.1) is 17.4 Å². The lowest BCUT2D eigenvalue weighted by atomic mass is 10.1. The molecule has 2 aliphatic rings. The maximum atomic E-state index is 14.2. The molecule has 4 heterocycles. The summed E-state index contributed by atoms with van der Waals surface area (Å²) < 4.78 is 14.2. The Morgan fingerprint density at radius 3 is 2.77 bits per heavy atom. The molecule has 5 rings (SSSR count). The Hall–Kier alpha value is -3.35. The van der Waals surface area contributed by atoms with Crippen LogP contribution in [0.4, 0.5) is 10.1 Å². The van der Waals surface area contributed by atoms with Gasteiger partial charge in [-0.2, -0.15) is 0 Å². The van der Waals surface area contributed by atoms with Crippen LogP contribution in [0.5, 0.6) is 0 Å². The third-order valence-corrected chi connectivity index (χ3v) is 6.23. The van der Waals surface area contributed by atoms with Gasteiger partial charge in [-0.3, -0.25) is 19.8 Å². The van der Waals surface area contributed by atoms with Crippen molar-refractivity contribution in [3.63, 3.8) is 0 Å². The topological polar surface area (TPSA) is 61.7 Å². The van der Waals surface area contributed by atoms with Crippen LogP contribution in [0.25, 0.3) is 10.9 Å². The number of piperazine rings is 1. The number of nitrogens with zero attached hydrogens (tertiary/aromatic N) is 5. The van der Waals surface area contributed by atoms with Crippen LogP contribution in [0.15, 0.2) is 60.0 Å². The highest BCUT2D eigenvalue weighted by atomic mass is 19.1. The minimum atomic E-state index is -0.294. The van der Waals surface area contributed by atoms with Gasteiger partial charge < -0.3 is 9.80 Å². The average Bonchev–Trinajstić information content (AvgIpc) is 3.05. The number of amides is 1. The second-order valence-corrected chi connectivity index (χ2v) is 8.12. The number of aromatic nitrogens is 2. The monoisotopic (exact) mass is 417 g/mol. The molecular formula is C24H24FN5O. The zero-order chi connectivity index (χ0) is 21.2. The smallest absolute Gasteiger partial charge is 0.224 e. The van der Waals surface area contributed by atoms with E-state index in [-0.39, 0.29) is 23.8 Å². The van der Waals surface area contributed by atoms with E-state index < -0.39 is 0 Å². The number of anilines is 1. The molecule has 0 aliphatic carbocycles. The molecule has 0 radical (unpaired) electrons. The molecule has 6 nitrogen and oxygen atoms in total. The minimum absolute atomic E-state index is 0.114. The lowest BCUT2D eigenvalue weighted by Crippen LogP contribution is -2.55. The number of fused-ring (bicyclic) bond motifs is 3. The Kier molecular flexibility index (Phi) is 5.32. The van der Waals surface area contributed by atoms with Gasteiger partial charge in [-0.1, -0.05) is 18.2 Å². The van der Waals surface area contributed by atoms with Crippen molar-refractivity contribution >= 4 is 28.7 Å². The molecule has 0 spiro atoms. The fourth-order valence-corrected chi connectivity index (χ4v) is 4.80. The second-order valence-electron chi connectivity index (χ2n) is 8.12. The van der Waals surface area contributed by atoms with E-state index in [1.165, 1.54) is 6.20 Å². The lowest BCUT2D eigenvalue weighted by molar-refractivity contribution is -0.131. The van der Waals surface area contributed by atoms with Crippen molar-refractivity contribution in [1.82, 2.24) is 14.9 Å². The molecule has 0 unspecified atom stereocenters. The number of hydrogen-bond acceptors (Lipinski definition) is 5. The van der Waals surface area contributed by atoms with Gasteiger partial charge in [0, 0.05) is 67.7 Å². The molecule has 31 heavy (non-hydrogen) atoms. The number of carbonyl (C=O) groups excluding carboxylic acids is 1. The fourth-order valence-electron chi connectivity index (χ4n) is 4.80. The zero-order valence-electron chi connectivity index (χ0n) is 17.2. The van der Waals surface area contributed by atoms with Gasteiger partial charge >= 0.3 is 0 Å². The van der Waals surface area contributed by atoms with Crippen LogP contribution in [0, 0.1) is 5.82 Å². The van der Waals surface area contributed by atoms with E-state index in [1.807, 2.05) is 41.4 Å². The quantitative estimate of drug-likeness (QED) is 0.597. The normalized spacial score (nSPS) is 20.7. The predicted molar refractivity (Wildman–Crippen MR) is 119 cm³/mol. The molecule has 3 aromatic rings. The van der Waals surface area contributed by atoms with Crippen LogP contribution in [0.2, 0.25) is 0 Å². The minimum Gasteiger partial charge on any atom is -0.360 e. The number of hydrogen-bond donors (Lipinski definition) is 0. The Labute approximate surface area is 180 Å². The Bertz CT molecular complexity index is 1110. The number of carbonyl (C=O) groups is 1. The van der Waals surface area contributed by atoms with E-state index >= 15 is 0 Å². The van der Waals surface area contributed by atoms with Crippen LogP contribution in [-0.4, -0.2) is 58.7 Å². The van der Waals surface area contributed by atoms with E-state index in [2.05, 4.69) is 19.9 Å². The first-order valence-electron chi connectivity index (χ1n) is 10.7. The van der Waals surface area contributed by atoms with E-state index in [0.29, 0.717) is 31.7 Å². The summed E-state index contributed by atoms with van der Waals surface area (Å²) in [5, 5.41) is 1.05. The average molecular weight is 417 g/mol. The first-order chi connectivity index (χ1) is 15.2. The van der Waals surface area contributed by atoms with Crippen LogP contribution in [-0.2, 0) is 4.79 Å². The Morgan fingerprint density at radius 2 is 1.97 bits per heavy atom. The SMILES string of the molecule is O=C(CCN=Cc1cccc2ncccc12)N1C[C@H]2CC[C@@H](C1)N2c1ccncc1F. The number of likely N-dealkylation sites (tertiary alicyclic amines) is 1. The molecule has 0 N–H and O–H groups in total.